The van der Waals surface area contributed by atoms with Crippen LogP contribution in [0.2, 0.25) is 0 Å². The highest BCUT2D eigenvalue weighted by atomic mass is 16.3. The number of amides is 1. The SMILES string of the molecule is Cc1cccc(CC(=O)NC(C)Cc2ccoc2)c1. The maximum atomic E-state index is 11.9. The third-order valence-electron chi connectivity index (χ3n) is 2.98. The molecule has 1 heterocycles. The van der Waals surface area contributed by atoms with E-state index in [1.807, 2.05) is 44.2 Å². The second-order valence-electron chi connectivity index (χ2n) is 4.97. The number of hydrogen-bond acceptors (Lipinski definition) is 2. The lowest BCUT2D eigenvalue weighted by Gasteiger charge is -2.13. The van der Waals surface area contributed by atoms with Gasteiger partial charge in [-0.25, -0.2) is 0 Å². The number of aryl methyl sites for hydroxylation is 1. The summed E-state index contributed by atoms with van der Waals surface area (Å²) in [5.41, 5.74) is 3.33. The number of carbonyl (C=O) groups is 1. The van der Waals surface area contributed by atoms with Gasteiger partial charge in [0.25, 0.3) is 0 Å². The number of nitrogens with one attached hydrogen (secondary N) is 1. The molecular formula is C16H19NO2. The van der Waals surface area contributed by atoms with Gasteiger partial charge in [0.15, 0.2) is 0 Å². The van der Waals surface area contributed by atoms with Crippen LogP contribution in [0.1, 0.15) is 23.6 Å². The average Bonchev–Trinajstić information content (AvgIpc) is 2.81. The zero-order chi connectivity index (χ0) is 13.7. The summed E-state index contributed by atoms with van der Waals surface area (Å²) in [5.74, 6) is 0.0570. The molecule has 19 heavy (non-hydrogen) atoms. The summed E-state index contributed by atoms with van der Waals surface area (Å²) in [6.07, 6.45) is 4.58. The van der Waals surface area contributed by atoms with Crippen molar-refractivity contribution in [2.24, 2.45) is 0 Å². The van der Waals surface area contributed by atoms with Crippen LogP contribution < -0.4 is 5.32 Å². The molecule has 0 aliphatic heterocycles. The Bertz CT molecular complexity index is 531. The molecular weight excluding hydrogens is 238 g/mol. The summed E-state index contributed by atoms with van der Waals surface area (Å²) < 4.78 is 5.02. The van der Waals surface area contributed by atoms with Gasteiger partial charge in [-0.2, -0.15) is 0 Å². The van der Waals surface area contributed by atoms with E-state index in [2.05, 4.69) is 5.32 Å². The van der Waals surface area contributed by atoms with Crippen LogP contribution in [0, 0.1) is 6.92 Å². The molecule has 1 aromatic heterocycles. The fourth-order valence-electron chi connectivity index (χ4n) is 2.15. The van der Waals surface area contributed by atoms with Gasteiger partial charge in [0.05, 0.1) is 18.9 Å². The minimum atomic E-state index is 0.0570. The molecule has 2 rings (SSSR count). The smallest absolute Gasteiger partial charge is 0.224 e. The van der Waals surface area contributed by atoms with E-state index in [1.165, 1.54) is 5.56 Å². The topological polar surface area (TPSA) is 42.2 Å². The van der Waals surface area contributed by atoms with E-state index in [1.54, 1.807) is 12.5 Å². The molecule has 0 spiro atoms. The molecule has 0 saturated heterocycles. The van der Waals surface area contributed by atoms with Crippen molar-refractivity contribution in [1.29, 1.82) is 0 Å². The minimum absolute atomic E-state index is 0.0570. The summed E-state index contributed by atoms with van der Waals surface area (Å²) >= 11 is 0. The fourth-order valence-corrected chi connectivity index (χ4v) is 2.15. The van der Waals surface area contributed by atoms with E-state index in [9.17, 15) is 4.79 Å². The van der Waals surface area contributed by atoms with Crippen LogP contribution in [0.25, 0.3) is 0 Å². The van der Waals surface area contributed by atoms with Gasteiger partial charge in [0, 0.05) is 6.04 Å². The van der Waals surface area contributed by atoms with E-state index >= 15 is 0 Å². The number of benzene rings is 1. The highest BCUT2D eigenvalue weighted by Gasteiger charge is 2.09. The Morgan fingerprint density at radius 1 is 1.32 bits per heavy atom. The van der Waals surface area contributed by atoms with E-state index in [4.69, 9.17) is 4.42 Å². The van der Waals surface area contributed by atoms with Gasteiger partial charge in [0.1, 0.15) is 0 Å². The van der Waals surface area contributed by atoms with Crippen LogP contribution in [-0.4, -0.2) is 11.9 Å². The minimum Gasteiger partial charge on any atom is -0.472 e. The Morgan fingerprint density at radius 2 is 2.16 bits per heavy atom. The summed E-state index contributed by atoms with van der Waals surface area (Å²) in [6, 6.07) is 10.1. The molecule has 3 heteroatoms. The summed E-state index contributed by atoms with van der Waals surface area (Å²) in [7, 11) is 0. The zero-order valence-corrected chi connectivity index (χ0v) is 11.3. The van der Waals surface area contributed by atoms with Crippen molar-refractivity contribution >= 4 is 5.91 Å². The molecule has 1 aromatic carbocycles. The predicted molar refractivity (Wildman–Crippen MR) is 74.9 cm³/mol. The zero-order valence-electron chi connectivity index (χ0n) is 11.3. The van der Waals surface area contributed by atoms with E-state index < -0.39 is 0 Å². The van der Waals surface area contributed by atoms with Crippen molar-refractivity contribution in [2.45, 2.75) is 32.7 Å². The molecule has 0 fully saturated rings. The lowest BCUT2D eigenvalue weighted by atomic mass is 10.1. The quantitative estimate of drug-likeness (QED) is 0.895. The van der Waals surface area contributed by atoms with Gasteiger partial charge in [-0.3, -0.25) is 4.79 Å². The highest BCUT2D eigenvalue weighted by molar-refractivity contribution is 5.78. The molecule has 0 aliphatic carbocycles. The first-order valence-corrected chi connectivity index (χ1v) is 6.49. The van der Waals surface area contributed by atoms with Crippen molar-refractivity contribution in [3.8, 4) is 0 Å². The lowest BCUT2D eigenvalue weighted by molar-refractivity contribution is -0.121. The molecule has 0 aliphatic rings. The van der Waals surface area contributed by atoms with Crippen molar-refractivity contribution in [2.75, 3.05) is 0 Å². The van der Waals surface area contributed by atoms with Crippen LogP contribution in [0.4, 0.5) is 0 Å². The molecule has 1 N–H and O–H groups in total. The summed E-state index contributed by atoms with van der Waals surface area (Å²) in [5, 5.41) is 3.01. The van der Waals surface area contributed by atoms with Crippen LogP contribution in [0.3, 0.4) is 0 Å². The maximum Gasteiger partial charge on any atom is 0.224 e. The fraction of sp³-hybridized carbons (Fsp3) is 0.312. The number of hydrogen-bond donors (Lipinski definition) is 1. The second kappa shape index (κ2) is 6.23. The van der Waals surface area contributed by atoms with Gasteiger partial charge in [-0.15, -0.1) is 0 Å². The Labute approximate surface area is 113 Å². The molecule has 1 atom stereocenters. The van der Waals surface area contributed by atoms with E-state index in [0.717, 1.165) is 17.5 Å². The molecule has 0 bridgehead atoms. The third kappa shape index (κ3) is 4.28. The van der Waals surface area contributed by atoms with Crippen LogP contribution in [0.5, 0.6) is 0 Å². The van der Waals surface area contributed by atoms with Crippen molar-refractivity contribution in [3.05, 3.63) is 59.5 Å². The van der Waals surface area contributed by atoms with Gasteiger partial charge < -0.3 is 9.73 Å². The van der Waals surface area contributed by atoms with Crippen LogP contribution >= 0.6 is 0 Å². The van der Waals surface area contributed by atoms with Crippen molar-refractivity contribution in [1.82, 2.24) is 5.32 Å². The molecule has 3 nitrogen and oxygen atoms in total. The Hall–Kier alpha value is -2.03. The Balaban J connectivity index is 1.84. The van der Waals surface area contributed by atoms with Gasteiger partial charge in [-0.1, -0.05) is 29.8 Å². The Kier molecular flexibility index (Phi) is 4.39. The van der Waals surface area contributed by atoms with Gasteiger partial charge in [-0.05, 0) is 37.5 Å². The van der Waals surface area contributed by atoms with Gasteiger partial charge in [0.2, 0.25) is 5.91 Å². The Morgan fingerprint density at radius 3 is 2.84 bits per heavy atom. The highest BCUT2D eigenvalue weighted by Crippen LogP contribution is 2.06. The first-order valence-electron chi connectivity index (χ1n) is 6.49. The first kappa shape index (κ1) is 13.4. The maximum absolute atomic E-state index is 11.9. The standard InChI is InChI=1S/C16H19NO2/c1-12-4-3-5-14(8-12)10-16(18)17-13(2)9-15-6-7-19-11-15/h3-8,11,13H,9-10H2,1-2H3,(H,17,18). The molecule has 100 valence electrons. The van der Waals surface area contributed by atoms with Crippen molar-refractivity contribution < 1.29 is 9.21 Å². The molecule has 0 saturated carbocycles. The average molecular weight is 257 g/mol. The predicted octanol–water partition coefficient (Wildman–Crippen LogP) is 2.88. The third-order valence-corrected chi connectivity index (χ3v) is 2.98. The van der Waals surface area contributed by atoms with E-state index in [-0.39, 0.29) is 11.9 Å². The number of furan rings is 1. The van der Waals surface area contributed by atoms with Gasteiger partial charge >= 0.3 is 0 Å². The lowest BCUT2D eigenvalue weighted by Crippen LogP contribution is -2.35. The summed E-state index contributed by atoms with van der Waals surface area (Å²) in [4.78, 5) is 11.9. The number of carbonyl (C=O) groups excluding carboxylic acids is 1. The number of rotatable bonds is 5. The van der Waals surface area contributed by atoms with Crippen LogP contribution in [0.15, 0.2) is 47.3 Å². The summed E-state index contributed by atoms with van der Waals surface area (Å²) in [6.45, 7) is 4.03. The molecule has 1 amide bonds. The van der Waals surface area contributed by atoms with E-state index in [0.29, 0.717) is 6.42 Å². The molecule has 0 radical (unpaired) electrons. The monoisotopic (exact) mass is 257 g/mol. The largest absolute Gasteiger partial charge is 0.472 e. The second-order valence-corrected chi connectivity index (χ2v) is 4.97. The molecule has 1 unspecified atom stereocenters. The normalized spacial score (nSPS) is 12.1. The van der Waals surface area contributed by atoms with Crippen molar-refractivity contribution in [3.63, 3.8) is 0 Å². The molecule has 2 aromatic rings. The van der Waals surface area contributed by atoms with Crippen LogP contribution in [-0.2, 0) is 17.6 Å². The first-order chi connectivity index (χ1) is 9.13.